The molecular formula is C17H30O. The van der Waals surface area contributed by atoms with E-state index in [1.807, 2.05) is 0 Å². The molecule has 2 aliphatic carbocycles. The molecule has 1 heteroatoms. The summed E-state index contributed by atoms with van der Waals surface area (Å²) in [5, 5.41) is 10.4. The Morgan fingerprint density at radius 2 is 1.89 bits per heavy atom. The Labute approximate surface area is 113 Å². The number of allylic oxidation sites excluding steroid dienone is 2. The standard InChI is InChI=1S/C17H30O/c1-5-6-8-13-14(18)9-10-15-16(2,3)11-7-12-17(13,15)4/h5-6,13-15,18H,7-12H2,1-4H3/b6-5+. The number of hydrogen-bond acceptors (Lipinski definition) is 1. The summed E-state index contributed by atoms with van der Waals surface area (Å²) in [6.07, 6.45) is 11.6. The van der Waals surface area contributed by atoms with Crippen molar-refractivity contribution in [3.63, 3.8) is 0 Å². The lowest BCUT2D eigenvalue weighted by molar-refractivity contribution is -0.121. The molecule has 0 saturated heterocycles. The normalized spacial score (nSPS) is 43.9. The molecule has 0 amide bonds. The quantitative estimate of drug-likeness (QED) is 0.713. The summed E-state index contributed by atoms with van der Waals surface area (Å²) in [6.45, 7) is 9.42. The Bertz CT molecular complexity index is 318. The molecule has 2 rings (SSSR count). The minimum absolute atomic E-state index is 0.0867. The van der Waals surface area contributed by atoms with Crippen LogP contribution in [0.15, 0.2) is 12.2 Å². The van der Waals surface area contributed by atoms with E-state index in [1.54, 1.807) is 0 Å². The molecular weight excluding hydrogens is 220 g/mol. The highest BCUT2D eigenvalue weighted by atomic mass is 16.3. The Kier molecular flexibility index (Phi) is 3.92. The molecule has 4 unspecified atom stereocenters. The van der Waals surface area contributed by atoms with Gasteiger partial charge in [-0.25, -0.2) is 0 Å². The number of aliphatic hydroxyl groups excluding tert-OH is 1. The zero-order valence-electron chi connectivity index (χ0n) is 12.6. The van der Waals surface area contributed by atoms with E-state index in [0.29, 0.717) is 16.7 Å². The Morgan fingerprint density at radius 3 is 2.56 bits per heavy atom. The van der Waals surface area contributed by atoms with Crippen molar-refractivity contribution in [3.8, 4) is 0 Å². The van der Waals surface area contributed by atoms with Crippen LogP contribution in [0, 0.1) is 22.7 Å². The maximum atomic E-state index is 10.4. The van der Waals surface area contributed by atoms with E-state index in [-0.39, 0.29) is 6.10 Å². The van der Waals surface area contributed by atoms with E-state index in [2.05, 4.69) is 39.8 Å². The van der Waals surface area contributed by atoms with Gasteiger partial charge in [-0.2, -0.15) is 0 Å². The van der Waals surface area contributed by atoms with Crippen LogP contribution in [0.4, 0.5) is 0 Å². The van der Waals surface area contributed by atoms with Crippen molar-refractivity contribution in [2.24, 2.45) is 22.7 Å². The molecule has 0 aliphatic heterocycles. The molecule has 0 heterocycles. The SMILES string of the molecule is C/C=C/CC1C(O)CCC2C(C)(C)CCCC12C. The van der Waals surface area contributed by atoms with Gasteiger partial charge in [0.15, 0.2) is 0 Å². The highest BCUT2D eigenvalue weighted by Gasteiger charge is 2.53. The van der Waals surface area contributed by atoms with Gasteiger partial charge in [-0.15, -0.1) is 0 Å². The van der Waals surface area contributed by atoms with E-state index < -0.39 is 0 Å². The molecule has 2 saturated carbocycles. The second-order valence-corrected chi connectivity index (χ2v) is 7.46. The van der Waals surface area contributed by atoms with Gasteiger partial charge < -0.3 is 5.11 Å². The van der Waals surface area contributed by atoms with E-state index >= 15 is 0 Å². The first-order valence-corrected chi connectivity index (χ1v) is 7.71. The third kappa shape index (κ3) is 2.27. The topological polar surface area (TPSA) is 20.2 Å². The molecule has 2 aliphatic rings. The second-order valence-electron chi connectivity index (χ2n) is 7.46. The van der Waals surface area contributed by atoms with E-state index in [9.17, 15) is 5.11 Å². The smallest absolute Gasteiger partial charge is 0.0576 e. The molecule has 1 N–H and O–H groups in total. The van der Waals surface area contributed by atoms with Crippen LogP contribution in [-0.2, 0) is 0 Å². The molecule has 18 heavy (non-hydrogen) atoms. The molecule has 0 radical (unpaired) electrons. The van der Waals surface area contributed by atoms with Crippen LogP contribution in [0.5, 0.6) is 0 Å². The van der Waals surface area contributed by atoms with Crippen molar-refractivity contribution in [2.75, 3.05) is 0 Å². The Morgan fingerprint density at radius 1 is 1.17 bits per heavy atom. The van der Waals surface area contributed by atoms with Gasteiger partial charge in [0.2, 0.25) is 0 Å². The molecule has 0 bridgehead atoms. The monoisotopic (exact) mass is 250 g/mol. The third-order valence-corrected chi connectivity index (χ3v) is 5.96. The first-order valence-electron chi connectivity index (χ1n) is 7.71. The van der Waals surface area contributed by atoms with Crippen LogP contribution in [0.3, 0.4) is 0 Å². The zero-order chi connectivity index (χ0) is 13.4. The van der Waals surface area contributed by atoms with Crippen molar-refractivity contribution in [1.29, 1.82) is 0 Å². The average Bonchev–Trinajstić information content (AvgIpc) is 2.27. The van der Waals surface area contributed by atoms with Crippen molar-refractivity contribution >= 4 is 0 Å². The zero-order valence-corrected chi connectivity index (χ0v) is 12.6. The van der Waals surface area contributed by atoms with Crippen molar-refractivity contribution in [3.05, 3.63) is 12.2 Å². The minimum Gasteiger partial charge on any atom is -0.393 e. The average molecular weight is 250 g/mol. The van der Waals surface area contributed by atoms with Gasteiger partial charge in [0, 0.05) is 0 Å². The predicted octanol–water partition coefficient (Wildman–Crippen LogP) is 4.56. The fourth-order valence-corrected chi connectivity index (χ4v) is 5.02. The molecule has 4 atom stereocenters. The van der Waals surface area contributed by atoms with E-state index in [1.165, 1.54) is 25.7 Å². The largest absolute Gasteiger partial charge is 0.393 e. The summed E-state index contributed by atoms with van der Waals surface area (Å²) in [4.78, 5) is 0. The van der Waals surface area contributed by atoms with E-state index in [0.717, 1.165) is 18.8 Å². The van der Waals surface area contributed by atoms with Gasteiger partial charge >= 0.3 is 0 Å². The van der Waals surface area contributed by atoms with Crippen molar-refractivity contribution in [2.45, 2.75) is 72.3 Å². The first kappa shape index (κ1) is 14.1. The minimum atomic E-state index is -0.0867. The summed E-state index contributed by atoms with van der Waals surface area (Å²) in [7, 11) is 0. The Hall–Kier alpha value is -0.300. The lowest BCUT2D eigenvalue weighted by Crippen LogP contribution is -2.53. The lowest BCUT2D eigenvalue weighted by atomic mass is 9.47. The van der Waals surface area contributed by atoms with Crippen LogP contribution in [0.1, 0.15) is 66.2 Å². The van der Waals surface area contributed by atoms with Crippen LogP contribution >= 0.6 is 0 Å². The second kappa shape index (κ2) is 5.00. The van der Waals surface area contributed by atoms with Gasteiger partial charge in [0.05, 0.1) is 6.10 Å². The van der Waals surface area contributed by atoms with Crippen LogP contribution in [0.2, 0.25) is 0 Å². The number of rotatable bonds is 2. The number of fused-ring (bicyclic) bond motifs is 1. The molecule has 0 aromatic carbocycles. The van der Waals surface area contributed by atoms with Crippen molar-refractivity contribution in [1.82, 2.24) is 0 Å². The fourth-order valence-electron chi connectivity index (χ4n) is 5.02. The number of aliphatic hydroxyl groups is 1. The summed E-state index contributed by atoms with van der Waals surface area (Å²) >= 11 is 0. The van der Waals surface area contributed by atoms with E-state index in [4.69, 9.17) is 0 Å². The molecule has 0 spiro atoms. The maximum Gasteiger partial charge on any atom is 0.0576 e. The summed E-state index contributed by atoms with van der Waals surface area (Å²) in [6, 6.07) is 0. The fraction of sp³-hybridized carbons (Fsp3) is 0.882. The van der Waals surface area contributed by atoms with Crippen molar-refractivity contribution < 1.29 is 5.11 Å². The lowest BCUT2D eigenvalue weighted by Gasteiger charge is -2.58. The third-order valence-electron chi connectivity index (χ3n) is 5.96. The molecule has 1 nitrogen and oxygen atoms in total. The van der Waals surface area contributed by atoms with Crippen LogP contribution < -0.4 is 0 Å². The molecule has 104 valence electrons. The summed E-state index contributed by atoms with van der Waals surface area (Å²) < 4.78 is 0. The predicted molar refractivity (Wildman–Crippen MR) is 77.4 cm³/mol. The molecule has 2 fully saturated rings. The maximum absolute atomic E-state index is 10.4. The van der Waals surface area contributed by atoms with Gasteiger partial charge in [-0.3, -0.25) is 0 Å². The Balaban J connectivity index is 2.27. The first-order chi connectivity index (χ1) is 8.42. The van der Waals surface area contributed by atoms with Gasteiger partial charge in [-0.1, -0.05) is 39.3 Å². The van der Waals surface area contributed by atoms with Gasteiger partial charge in [0.1, 0.15) is 0 Å². The highest BCUT2D eigenvalue weighted by molar-refractivity contribution is 5.05. The molecule has 0 aromatic heterocycles. The van der Waals surface area contributed by atoms with Crippen LogP contribution in [-0.4, -0.2) is 11.2 Å². The summed E-state index contributed by atoms with van der Waals surface area (Å²) in [5.41, 5.74) is 0.806. The van der Waals surface area contributed by atoms with Gasteiger partial charge in [-0.05, 0) is 61.7 Å². The highest BCUT2D eigenvalue weighted by Crippen LogP contribution is 2.60. The summed E-state index contributed by atoms with van der Waals surface area (Å²) in [5.74, 6) is 1.25. The van der Waals surface area contributed by atoms with Gasteiger partial charge in [0.25, 0.3) is 0 Å². The molecule has 0 aromatic rings. The number of hydrogen-bond donors (Lipinski definition) is 1. The van der Waals surface area contributed by atoms with Crippen LogP contribution in [0.25, 0.3) is 0 Å².